The topological polar surface area (TPSA) is 243 Å². The number of rotatable bonds is 42. The zero-order valence-corrected chi connectivity index (χ0v) is 83.4. The van der Waals surface area contributed by atoms with Gasteiger partial charge in [-0.15, -0.1) is 0 Å². The Balaban J connectivity index is 0.781. The van der Waals surface area contributed by atoms with E-state index in [4.69, 9.17) is 9.47 Å². The van der Waals surface area contributed by atoms with E-state index < -0.39 is 108 Å². The third-order valence-corrected chi connectivity index (χ3v) is 39.0. The van der Waals surface area contributed by atoms with Gasteiger partial charge in [-0.05, 0) is 212 Å². The van der Waals surface area contributed by atoms with Gasteiger partial charge in [0.2, 0.25) is 60.1 Å². The molecule has 3 saturated carbocycles. The van der Waals surface area contributed by atoms with Crippen molar-refractivity contribution in [2.45, 2.75) is 221 Å². The first-order chi connectivity index (χ1) is 65.5. The van der Waals surface area contributed by atoms with Crippen LogP contribution in [0.1, 0.15) is 169 Å². The van der Waals surface area contributed by atoms with Gasteiger partial charge < -0.3 is 9.47 Å². The highest BCUT2D eigenvalue weighted by Gasteiger charge is 2.50. The van der Waals surface area contributed by atoms with Gasteiger partial charge in [-0.3, -0.25) is 0 Å². The summed E-state index contributed by atoms with van der Waals surface area (Å²) in [5.41, 5.74) is 7.67. The first-order valence-electron chi connectivity index (χ1n) is 47.6. The maximum absolute atomic E-state index is 16.5. The second kappa shape index (κ2) is 44.4. The number of hydrogen-bond donors (Lipinski definition) is 0. The quantitative estimate of drug-likeness (QED) is 0.0255. The van der Waals surface area contributed by atoms with Crippen molar-refractivity contribution in [3.63, 3.8) is 0 Å². The zero-order chi connectivity index (χ0) is 95.9. The van der Waals surface area contributed by atoms with E-state index in [2.05, 4.69) is 0 Å². The second-order valence-electron chi connectivity index (χ2n) is 36.5. The molecular formula is C110H126N6O14S6. The number of benzene rings is 12. The molecule has 20 nitrogen and oxygen atoms in total. The molecule has 716 valence electrons. The Morgan fingerprint density at radius 2 is 0.346 bits per heavy atom. The summed E-state index contributed by atoms with van der Waals surface area (Å²) in [7, 11) is -27.5. The lowest BCUT2D eigenvalue weighted by Gasteiger charge is -2.45. The Bertz CT molecular complexity index is 6060. The molecule has 0 heterocycles. The lowest BCUT2D eigenvalue weighted by Crippen LogP contribution is -2.58. The maximum Gasteiger partial charge on any atom is 0.243 e. The Hall–Kier alpha value is -9.98. The van der Waals surface area contributed by atoms with Crippen LogP contribution < -0.4 is 0 Å². The Kier molecular flexibility index (Phi) is 32.8. The average molecular weight is 1950 g/mol. The number of aryl methyl sites for hydroxylation is 6. The molecule has 15 rings (SSSR count). The van der Waals surface area contributed by atoms with Gasteiger partial charge in [0.15, 0.2) is 0 Å². The summed E-state index contributed by atoms with van der Waals surface area (Å²) in [6.45, 7) is 9.78. The van der Waals surface area contributed by atoms with Gasteiger partial charge in [0, 0.05) is 88.7 Å². The molecule has 12 aromatic rings. The molecular weight excluding hydrogens is 1820 g/mol. The van der Waals surface area contributed by atoms with Crippen LogP contribution >= 0.6 is 0 Å². The molecule has 0 spiro atoms. The van der Waals surface area contributed by atoms with Crippen LogP contribution in [0.15, 0.2) is 357 Å². The molecule has 0 bridgehead atoms. The molecule has 3 aliphatic carbocycles. The van der Waals surface area contributed by atoms with Crippen LogP contribution in [0.4, 0.5) is 0 Å². The van der Waals surface area contributed by atoms with Crippen molar-refractivity contribution in [3.8, 4) is 0 Å². The van der Waals surface area contributed by atoms with Crippen LogP contribution in [0.3, 0.4) is 0 Å². The molecule has 0 amide bonds. The van der Waals surface area contributed by atoms with Crippen molar-refractivity contribution in [1.29, 1.82) is 0 Å². The molecule has 0 radical (unpaired) electrons. The minimum absolute atomic E-state index is 0.0284. The normalized spacial score (nSPS) is 18.0. The minimum Gasteiger partial charge on any atom is -0.361 e. The van der Waals surface area contributed by atoms with Gasteiger partial charge in [-0.25, -0.2) is 50.5 Å². The molecule has 0 aliphatic heterocycles. The fourth-order valence-corrected chi connectivity index (χ4v) is 30.7. The summed E-state index contributed by atoms with van der Waals surface area (Å²) < 4.78 is 218. The fourth-order valence-electron chi connectivity index (χ4n) is 20.3. The van der Waals surface area contributed by atoms with Crippen molar-refractivity contribution in [3.05, 3.63) is 394 Å². The van der Waals surface area contributed by atoms with E-state index >= 15 is 50.5 Å². The van der Waals surface area contributed by atoms with E-state index in [-0.39, 0.29) is 146 Å². The fraction of sp³-hybridized carbons (Fsp3) is 0.345. The molecule has 0 saturated heterocycles. The summed E-state index contributed by atoms with van der Waals surface area (Å²) in [5.74, 6) is 0. The van der Waals surface area contributed by atoms with E-state index in [1.165, 1.54) is 50.1 Å². The molecule has 6 atom stereocenters. The highest BCUT2D eigenvalue weighted by Crippen LogP contribution is 2.46. The van der Waals surface area contributed by atoms with E-state index in [1.54, 1.807) is 121 Å². The number of nitrogens with zero attached hydrogens (tertiary/aromatic N) is 6. The van der Waals surface area contributed by atoms with Crippen molar-refractivity contribution in [2.24, 2.45) is 0 Å². The molecule has 12 aromatic carbocycles. The molecule has 3 aliphatic rings. The van der Waals surface area contributed by atoms with Crippen molar-refractivity contribution in [1.82, 2.24) is 25.8 Å². The van der Waals surface area contributed by atoms with Gasteiger partial charge >= 0.3 is 0 Å². The maximum atomic E-state index is 16.5. The van der Waals surface area contributed by atoms with E-state index in [1.807, 2.05) is 224 Å². The van der Waals surface area contributed by atoms with Gasteiger partial charge in [-0.2, -0.15) is 25.8 Å². The number of hydrogen-bond acceptors (Lipinski definition) is 14. The van der Waals surface area contributed by atoms with Crippen LogP contribution in [0.5, 0.6) is 0 Å². The predicted octanol–water partition coefficient (Wildman–Crippen LogP) is 20.5. The predicted molar refractivity (Wildman–Crippen MR) is 537 cm³/mol. The lowest BCUT2D eigenvalue weighted by atomic mass is 9.80. The molecule has 136 heavy (non-hydrogen) atoms. The third-order valence-electron chi connectivity index (χ3n) is 27.3. The van der Waals surface area contributed by atoms with E-state index in [0.717, 1.165) is 66.8 Å². The van der Waals surface area contributed by atoms with Crippen LogP contribution in [0, 0.1) is 41.5 Å². The molecule has 3 fully saturated rings. The Morgan fingerprint density at radius 1 is 0.206 bits per heavy atom. The van der Waals surface area contributed by atoms with Crippen LogP contribution in [0.2, 0.25) is 0 Å². The smallest absolute Gasteiger partial charge is 0.243 e. The van der Waals surface area contributed by atoms with Crippen LogP contribution in [-0.4, -0.2) is 165 Å². The van der Waals surface area contributed by atoms with Crippen LogP contribution in [-0.2, 0) is 80.8 Å². The van der Waals surface area contributed by atoms with E-state index in [9.17, 15) is 0 Å². The number of sulfonamides is 6. The van der Waals surface area contributed by atoms with E-state index in [0.29, 0.717) is 38.5 Å². The van der Waals surface area contributed by atoms with Crippen molar-refractivity contribution in [2.75, 3.05) is 52.5 Å². The molecule has 0 unspecified atom stereocenters. The summed E-state index contributed by atoms with van der Waals surface area (Å²) in [6.07, 6.45) is 4.47. The van der Waals surface area contributed by atoms with Gasteiger partial charge in [0.05, 0.1) is 29.4 Å². The summed E-state index contributed by atoms with van der Waals surface area (Å²) in [5, 5.41) is 0. The molecule has 26 heteroatoms. The van der Waals surface area contributed by atoms with Crippen molar-refractivity contribution >= 4 is 60.1 Å². The highest BCUT2D eigenvalue weighted by molar-refractivity contribution is 7.90. The number of ether oxygens (including phenoxy) is 2. The summed E-state index contributed by atoms with van der Waals surface area (Å²) in [4.78, 5) is -0.182. The minimum atomic E-state index is -4.68. The SMILES string of the molecule is Cc1ccc(S(=O)(=O)N(CCCOC(c2ccccc2)(c2ccccc2)c2ccccc2)[C@@H]2CCCC[C@H]2N(CCCN([C@@H]2CCCC[C@H]2N(CCCN([C@@H]2CCCC[C@H]2N(CCCOC(c2ccccc2)(c2ccccc2)c2ccccc2)S(=O)(=O)c2ccc(C)cc2)S(=O)(=O)c2ccc(C)cc2)S(=O)(=O)c2ccc(C)cc2)S(=O)(=O)c2ccc(C)cc2)S(=O)(=O)c2ccc(C)cc2)cc1. The molecule has 0 aromatic heterocycles. The summed E-state index contributed by atoms with van der Waals surface area (Å²) >= 11 is 0. The van der Waals surface area contributed by atoms with Crippen molar-refractivity contribution < 1.29 is 60.0 Å². The Labute approximate surface area is 807 Å². The zero-order valence-electron chi connectivity index (χ0n) is 78.5. The monoisotopic (exact) mass is 1950 g/mol. The first-order valence-corrected chi connectivity index (χ1v) is 56.2. The Morgan fingerprint density at radius 3 is 0.493 bits per heavy atom. The largest absolute Gasteiger partial charge is 0.361 e. The lowest BCUT2D eigenvalue weighted by molar-refractivity contribution is 0.00800. The van der Waals surface area contributed by atoms with Gasteiger partial charge in [0.1, 0.15) is 11.2 Å². The second-order valence-corrected chi connectivity index (χ2v) is 47.8. The van der Waals surface area contributed by atoms with Crippen LogP contribution in [0.25, 0.3) is 0 Å². The molecule has 0 N–H and O–H groups in total. The standard InChI is InChI=1S/C110H126N6O14S6/c1-85-53-65-97(66-54-85)131(117,118)111(77-31-79-113(133(121,122)99-69-57-87(3)58-70-99)105-49-27-29-51-107(105)115(135(125,126)101-73-61-89(5)62-74-101)81-33-83-129-109(91-35-13-7-14-36-91,92-37-15-8-16-38-92)93-39-17-9-18-40-93)103-47-25-26-48-104(103)112(132(119,120)98-67-55-86(2)56-68-98)78-32-80-114(134(123,124)100-71-59-88(4)60-72-100)106-50-28-30-52-108(106)116(136(127,128)102-75-63-90(6)64-76-102)82-34-84-130-110(94-41-19-10-20-42-94,95-43-21-11-22-44-95)96-45-23-12-24-46-96/h7-24,35-46,53-76,103-108H,25-34,47-52,77-84H2,1-6H3/t103-,104-,105-,106-,107-,108-/m1/s1. The first kappa shape index (κ1) is 100. The third kappa shape index (κ3) is 22.2. The van der Waals surface area contributed by atoms with Gasteiger partial charge in [0.25, 0.3) is 0 Å². The summed E-state index contributed by atoms with van der Waals surface area (Å²) in [6, 6.07) is 92.4. The van der Waals surface area contributed by atoms with Gasteiger partial charge in [-0.1, -0.05) is 327 Å². The highest BCUT2D eigenvalue weighted by atomic mass is 32.2. The average Bonchev–Trinajstić information content (AvgIpc) is 0.756.